The van der Waals surface area contributed by atoms with Crippen molar-refractivity contribution in [3.63, 3.8) is 0 Å². The minimum Gasteiger partial charge on any atom is -0.496 e. The zero-order chi connectivity index (χ0) is 28.6. The number of ether oxygens (including phenoxy) is 8. The molecule has 10 heteroatoms. The first-order valence-electron chi connectivity index (χ1n) is 12.3. The third kappa shape index (κ3) is 4.31. The zero-order valence-corrected chi connectivity index (χ0v) is 22.9. The Bertz CT molecular complexity index is 1540. The number of methoxy groups -OCH3 is 6. The Kier molecular flexibility index (Phi) is 7.17. The maximum atomic E-state index is 13.5. The van der Waals surface area contributed by atoms with E-state index in [0.717, 1.165) is 0 Å². The Balaban J connectivity index is 1.64. The topological polar surface area (TPSA) is 108 Å². The summed E-state index contributed by atoms with van der Waals surface area (Å²) in [6.07, 6.45) is 1.58. The third-order valence-corrected chi connectivity index (χ3v) is 6.91. The first-order chi connectivity index (χ1) is 19.4. The fraction of sp³-hybridized carbons (Fsp3) is 0.267. The molecule has 0 saturated carbocycles. The molecule has 40 heavy (non-hydrogen) atoms. The van der Waals surface area contributed by atoms with Gasteiger partial charge in [-0.1, -0.05) is 6.07 Å². The molecule has 0 fully saturated rings. The maximum absolute atomic E-state index is 13.5. The smallest absolute Gasteiger partial charge is 0.312 e. The molecule has 2 heterocycles. The molecular weight excluding hydrogens is 520 g/mol. The lowest BCUT2D eigenvalue weighted by molar-refractivity contribution is -0.135. The number of rotatable bonds is 8. The standard InChI is InChI=1S/C30H28O10/c1-33-20-10-7-16(29(37-5)30(20)38-6)18-13-25(31)39-19-9-8-17-27(32)24(40-28(17)26(18)19)12-15-11-22(35-3)23(36-4)14-21(15)34-2/h7-12,14,18H,13H2,1-6H3. The largest absolute Gasteiger partial charge is 0.496 e. The molecule has 0 saturated heterocycles. The quantitative estimate of drug-likeness (QED) is 0.221. The molecule has 2 aliphatic rings. The summed E-state index contributed by atoms with van der Waals surface area (Å²) in [5.41, 5.74) is 2.10. The van der Waals surface area contributed by atoms with E-state index in [-0.39, 0.29) is 18.0 Å². The predicted molar refractivity (Wildman–Crippen MR) is 144 cm³/mol. The minimum absolute atomic E-state index is 0.00457. The molecule has 0 spiro atoms. The van der Waals surface area contributed by atoms with E-state index in [0.29, 0.717) is 68.2 Å². The van der Waals surface area contributed by atoms with Crippen LogP contribution < -0.4 is 37.9 Å². The highest BCUT2D eigenvalue weighted by Crippen LogP contribution is 2.53. The van der Waals surface area contributed by atoms with E-state index < -0.39 is 11.9 Å². The van der Waals surface area contributed by atoms with Crippen LogP contribution in [-0.4, -0.2) is 54.4 Å². The van der Waals surface area contributed by atoms with Gasteiger partial charge in [-0.15, -0.1) is 0 Å². The Morgan fingerprint density at radius 2 is 1.40 bits per heavy atom. The molecule has 208 valence electrons. The summed E-state index contributed by atoms with van der Waals surface area (Å²) < 4.78 is 44.8. The van der Waals surface area contributed by atoms with Crippen LogP contribution in [0.3, 0.4) is 0 Å². The summed E-state index contributed by atoms with van der Waals surface area (Å²) in [4.78, 5) is 26.2. The van der Waals surface area contributed by atoms with Crippen molar-refractivity contribution in [1.29, 1.82) is 0 Å². The summed E-state index contributed by atoms with van der Waals surface area (Å²) in [6.45, 7) is 0. The number of allylic oxidation sites excluding steroid dienone is 1. The lowest BCUT2D eigenvalue weighted by Crippen LogP contribution is -2.22. The summed E-state index contributed by atoms with van der Waals surface area (Å²) >= 11 is 0. The molecule has 3 aromatic rings. The first-order valence-corrected chi connectivity index (χ1v) is 12.3. The number of esters is 1. The van der Waals surface area contributed by atoms with E-state index in [1.807, 2.05) is 0 Å². The molecule has 1 atom stereocenters. The summed E-state index contributed by atoms with van der Waals surface area (Å²) in [7, 11) is 9.10. The molecule has 1 unspecified atom stereocenters. The second kappa shape index (κ2) is 10.7. The number of fused-ring (bicyclic) bond motifs is 3. The van der Waals surface area contributed by atoms with Crippen molar-refractivity contribution >= 4 is 17.8 Å². The number of carbonyl (C=O) groups excluding carboxylic acids is 2. The molecule has 0 radical (unpaired) electrons. The van der Waals surface area contributed by atoms with Crippen LogP contribution in [0.15, 0.2) is 42.2 Å². The molecule has 0 aromatic heterocycles. The molecule has 0 N–H and O–H groups in total. The van der Waals surface area contributed by atoms with Gasteiger partial charge in [0, 0.05) is 28.7 Å². The highest BCUT2D eigenvalue weighted by atomic mass is 16.5. The van der Waals surface area contributed by atoms with Gasteiger partial charge in [0.25, 0.3) is 0 Å². The van der Waals surface area contributed by atoms with Crippen molar-refractivity contribution in [2.45, 2.75) is 12.3 Å². The van der Waals surface area contributed by atoms with E-state index in [4.69, 9.17) is 37.9 Å². The lowest BCUT2D eigenvalue weighted by Gasteiger charge is -2.28. The number of carbonyl (C=O) groups is 2. The van der Waals surface area contributed by atoms with Gasteiger partial charge in [-0.25, -0.2) is 0 Å². The number of ketones is 1. The molecule has 2 aliphatic heterocycles. The molecule has 0 amide bonds. The van der Waals surface area contributed by atoms with Gasteiger partial charge < -0.3 is 37.9 Å². The number of benzene rings is 3. The van der Waals surface area contributed by atoms with Crippen LogP contribution in [0.5, 0.6) is 46.0 Å². The minimum atomic E-state index is -0.552. The number of hydrogen-bond acceptors (Lipinski definition) is 10. The summed E-state index contributed by atoms with van der Waals surface area (Å²) in [5.74, 6) is 2.03. The van der Waals surface area contributed by atoms with E-state index in [9.17, 15) is 9.59 Å². The van der Waals surface area contributed by atoms with Gasteiger partial charge in [-0.3, -0.25) is 9.59 Å². The average Bonchev–Trinajstić information content (AvgIpc) is 3.29. The van der Waals surface area contributed by atoms with Gasteiger partial charge >= 0.3 is 5.97 Å². The molecule has 0 aliphatic carbocycles. The van der Waals surface area contributed by atoms with Gasteiger partial charge in [0.05, 0.1) is 54.6 Å². The highest BCUT2D eigenvalue weighted by Gasteiger charge is 2.40. The fourth-order valence-electron chi connectivity index (χ4n) is 5.08. The van der Waals surface area contributed by atoms with Crippen molar-refractivity contribution in [1.82, 2.24) is 0 Å². The Morgan fingerprint density at radius 3 is 2.05 bits per heavy atom. The molecule has 10 nitrogen and oxygen atoms in total. The normalized spacial score (nSPS) is 16.4. The molecule has 0 bridgehead atoms. The van der Waals surface area contributed by atoms with Gasteiger partial charge in [0.15, 0.2) is 28.8 Å². The van der Waals surface area contributed by atoms with Crippen LogP contribution in [0.1, 0.15) is 39.4 Å². The van der Waals surface area contributed by atoms with Crippen molar-refractivity contribution in [3.05, 3.63) is 64.4 Å². The van der Waals surface area contributed by atoms with Crippen molar-refractivity contribution in [2.75, 3.05) is 42.7 Å². The van der Waals surface area contributed by atoms with E-state index in [1.165, 1.54) is 42.7 Å². The molecule has 5 rings (SSSR count). The lowest BCUT2D eigenvalue weighted by atomic mass is 9.84. The second-order valence-electron chi connectivity index (χ2n) is 8.90. The SMILES string of the molecule is COc1cc(OC)c(OC)cc1C=C1Oc2c(ccc3c2C(c2ccc(OC)c(OC)c2OC)CC(=O)O3)C1=O. The second-order valence-corrected chi connectivity index (χ2v) is 8.90. The van der Waals surface area contributed by atoms with Gasteiger partial charge in [-0.2, -0.15) is 0 Å². The Morgan fingerprint density at radius 1 is 0.725 bits per heavy atom. The molecule has 3 aromatic carbocycles. The first kappa shape index (κ1) is 26.7. The van der Waals surface area contributed by atoms with Crippen LogP contribution in [0, 0.1) is 0 Å². The van der Waals surface area contributed by atoms with Crippen molar-refractivity contribution in [3.8, 4) is 46.0 Å². The molecular formula is C30H28O10. The van der Waals surface area contributed by atoms with Crippen LogP contribution in [0.25, 0.3) is 6.08 Å². The maximum Gasteiger partial charge on any atom is 0.312 e. The number of Topliss-reactive ketones (excluding diaryl/α,β-unsaturated/α-hetero) is 1. The Hall–Kier alpha value is -4.86. The van der Waals surface area contributed by atoms with Gasteiger partial charge in [-0.05, 0) is 30.3 Å². The number of hydrogen-bond donors (Lipinski definition) is 0. The van der Waals surface area contributed by atoms with Crippen LogP contribution in [0.2, 0.25) is 0 Å². The summed E-state index contributed by atoms with van der Waals surface area (Å²) in [6, 6.07) is 10.1. The highest BCUT2D eigenvalue weighted by molar-refractivity contribution is 6.15. The monoisotopic (exact) mass is 548 g/mol. The zero-order valence-electron chi connectivity index (χ0n) is 22.9. The van der Waals surface area contributed by atoms with E-state index >= 15 is 0 Å². The van der Waals surface area contributed by atoms with Gasteiger partial charge in [0.1, 0.15) is 17.2 Å². The van der Waals surface area contributed by atoms with Crippen molar-refractivity contribution in [2.24, 2.45) is 0 Å². The summed E-state index contributed by atoms with van der Waals surface area (Å²) in [5, 5.41) is 0. The van der Waals surface area contributed by atoms with Crippen LogP contribution in [-0.2, 0) is 4.79 Å². The Labute approximate surface area is 230 Å². The average molecular weight is 549 g/mol. The van der Waals surface area contributed by atoms with Crippen LogP contribution in [0.4, 0.5) is 0 Å². The van der Waals surface area contributed by atoms with Crippen LogP contribution >= 0.6 is 0 Å². The fourth-order valence-corrected chi connectivity index (χ4v) is 5.08. The van der Waals surface area contributed by atoms with Crippen molar-refractivity contribution < 1.29 is 47.5 Å². The van der Waals surface area contributed by atoms with E-state index in [1.54, 1.807) is 42.5 Å². The third-order valence-electron chi connectivity index (χ3n) is 6.91. The predicted octanol–water partition coefficient (Wildman–Crippen LogP) is 4.80. The van der Waals surface area contributed by atoms with Gasteiger partial charge in [0.2, 0.25) is 11.5 Å². The van der Waals surface area contributed by atoms with E-state index in [2.05, 4.69) is 0 Å².